The Bertz CT molecular complexity index is 628. The fraction of sp³-hybridized carbons (Fsp3) is 0.579. The normalized spacial score (nSPS) is 33.5. The molecular formula is C19H22O2. The smallest absolute Gasteiger partial charge is 0.167 e. The summed E-state index contributed by atoms with van der Waals surface area (Å²) < 4.78 is 0. The highest BCUT2D eigenvalue weighted by molar-refractivity contribution is 6.16. The number of rotatable bonds is 2. The van der Waals surface area contributed by atoms with Crippen molar-refractivity contribution in [3.05, 3.63) is 34.9 Å². The molecule has 0 aromatic heterocycles. The predicted octanol–water partition coefficient (Wildman–Crippen LogP) is 3.93. The molecule has 4 unspecified atom stereocenters. The minimum Gasteiger partial charge on any atom is -0.294 e. The highest BCUT2D eigenvalue weighted by atomic mass is 16.1. The van der Waals surface area contributed by atoms with Gasteiger partial charge >= 0.3 is 0 Å². The molecule has 2 saturated carbocycles. The predicted molar refractivity (Wildman–Crippen MR) is 81.5 cm³/mol. The second-order valence-electron chi connectivity index (χ2n) is 7.59. The highest BCUT2D eigenvalue weighted by Gasteiger charge is 2.56. The highest BCUT2D eigenvalue weighted by Crippen LogP contribution is 2.56. The maximum Gasteiger partial charge on any atom is 0.167 e. The van der Waals surface area contributed by atoms with Gasteiger partial charge in [-0.2, -0.15) is 0 Å². The van der Waals surface area contributed by atoms with E-state index in [1.54, 1.807) is 0 Å². The minimum atomic E-state index is -0.00181. The van der Waals surface area contributed by atoms with Gasteiger partial charge in [0, 0.05) is 23.0 Å². The second kappa shape index (κ2) is 4.53. The van der Waals surface area contributed by atoms with Gasteiger partial charge in [0.1, 0.15) is 0 Å². The van der Waals surface area contributed by atoms with Crippen molar-refractivity contribution in [3.63, 3.8) is 0 Å². The van der Waals surface area contributed by atoms with E-state index in [0.29, 0.717) is 28.9 Å². The molecule has 3 aliphatic rings. The van der Waals surface area contributed by atoms with Crippen LogP contribution in [0.3, 0.4) is 0 Å². The first-order valence-corrected chi connectivity index (χ1v) is 8.27. The third kappa shape index (κ3) is 1.84. The van der Waals surface area contributed by atoms with Crippen LogP contribution < -0.4 is 0 Å². The number of fused-ring (bicyclic) bond motifs is 6. The molecule has 3 aliphatic carbocycles. The molecule has 4 rings (SSSR count). The van der Waals surface area contributed by atoms with E-state index >= 15 is 0 Å². The molecule has 2 fully saturated rings. The van der Waals surface area contributed by atoms with Crippen molar-refractivity contribution in [1.82, 2.24) is 0 Å². The van der Waals surface area contributed by atoms with Crippen LogP contribution in [0.1, 0.15) is 59.4 Å². The number of carbonyl (C=O) groups excluding carboxylic acids is 2. The van der Waals surface area contributed by atoms with Crippen LogP contribution in [0.15, 0.2) is 18.2 Å². The molecule has 1 aromatic rings. The van der Waals surface area contributed by atoms with Crippen molar-refractivity contribution in [2.75, 3.05) is 0 Å². The molecule has 4 atom stereocenters. The van der Waals surface area contributed by atoms with Crippen LogP contribution >= 0.6 is 0 Å². The van der Waals surface area contributed by atoms with E-state index in [0.717, 1.165) is 25.7 Å². The monoisotopic (exact) mass is 282 g/mol. The zero-order valence-electron chi connectivity index (χ0n) is 12.8. The molecular weight excluding hydrogens is 260 g/mol. The van der Waals surface area contributed by atoms with Gasteiger partial charge in [-0.25, -0.2) is 0 Å². The molecule has 110 valence electrons. The number of carbonyl (C=O) groups is 2. The molecule has 0 heterocycles. The zero-order chi connectivity index (χ0) is 14.7. The van der Waals surface area contributed by atoms with Gasteiger partial charge in [-0.3, -0.25) is 9.59 Å². The van der Waals surface area contributed by atoms with E-state index in [9.17, 15) is 9.59 Å². The molecule has 0 aliphatic heterocycles. The van der Waals surface area contributed by atoms with Gasteiger partial charge < -0.3 is 0 Å². The minimum absolute atomic E-state index is 0.000279. The number of ketones is 2. The summed E-state index contributed by atoms with van der Waals surface area (Å²) in [6.45, 7) is 4.36. The van der Waals surface area contributed by atoms with Gasteiger partial charge in [-0.15, -0.1) is 0 Å². The van der Waals surface area contributed by atoms with E-state index in [-0.39, 0.29) is 23.4 Å². The maximum absolute atomic E-state index is 12.9. The Labute approximate surface area is 125 Å². The molecule has 0 saturated heterocycles. The standard InChI is InChI=1S/C19H22O2/c1-10(2)7-11-3-6-14-15(8-11)19(21)17-13-5-4-12(9-13)16(17)18(14)20/h3,6,8,10,12-13,16-17H,4-5,7,9H2,1-2H3. The van der Waals surface area contributed by atoms with Gasteiger partial charge in [0.25, 0.3) is 0 Å². The lowest BCUT2D eigenvalue weighted by atomic mass is 9.67. The van der Waals surface area contributed by atoms with Crippen LogP contribution in [0.25, 0.3) is 0 Å². The topological polar surface area (TPSA) is 34.1 Å². The van der Waals surface area contributed by atoms with Crippen LogP contribution in [0, 0.1) is 29.6 Å². The van der Waals surface area contributed by atoms with Crippen LogP contribution in [0.4, 0.5) is 0 Å². The Hall–Kier alpha value is -1.44. The molecule has 0 N–H and O–H groups in total. The Morgan fingerprint density at radius 3 is 2.24 bits per heavy atom. The lowest BCUT2D eigenvalue weighted by Gasteiger charge is -2.33. The van der Waals surface area contributed by atoms with E-state index in [2.05, 4.69) is 13.8 Å². The second-order valence-corrected chi connectivity index (χ2v) is 7.59. The summed E-state index contributed by atoms with van der Waals surface area (Å²) in [7, 11) is 0. The first-order valence-electron chi connectivity index (χ1n) is 8.27. The van der Waals surface area contributed by atoms with E-state index in [1.165, 1.54) is 5.56 Å². The summed E-state index contributed by atoms with van der Waals surface area (Å²) in [6, 6.07) is 5.95. The average Bonchev–Trinajstić information content (AvgIpc) is 3.05. The lowest BCUT2D eigenvalue weighted by Crippen LogP contribution is -2.40. The number of hydrogen-bond acceptors (Lipinski definition) is 2. The van der Waals surface area contributed by atoms with Crippen molar-refractivity contribution in [2.24, 2.45) is 29.6 Å². The van der Waals surface area contributed by atoms with Crippen molar-refractivity contribution < 1.29 is 9.59 Å². The number of Topliss-reactive ketones (excluding diaryl/α,β-unsaturated/α-hetero) is 2. The van der Waals surface area contributed by atoms with E-state index in [1.807, 2.05) is 18.2 Å². The van der Waals surface area contributed by atoms with E-state index in [4.69, 9.17) is 0 Å². The third-order valence-corrected chi connectivity index (χ3v) is 5.78. The van der Waals surface area contributed by atoms with Gasteiger partial charge in [-0.05, 0) is 55.1 Å². The summed E-state index contributed by atoms with van der Waals surface area (Å²) in [6.07, 6.45) is 4.35. The largest absolute Gasteiger partial charge is 0.294 e. The third-order valence-electron chi connectivity index (χ3n) is 5.78. The summed E-state index contributed by atoms with van der Waals surface area (Å²) in [4.78, 5) is 25.7. The number of benzene rings is 1. The molecule has 0 amide bonds. The lowest BCUT2D eigenvalue weighted by molar-refractivity contribution is 0.0661. The van der Waals surface area contributed by atoms with Crippen molar-refractivity contribution in [3.8, 4) is 0 Å². The van der Waals surface area contributed by atoms with Crippen molar-refractivity contribution in [2.45, 2.75) is 39.5 Å². The fourth-order valence-electron chi connectivity index (χ4n) is 5.01. The number of hydrogen-bond donors (Lipinski definition) is 0. The average molecular weight is 282 g/mol. The van der Waals surface area contributed by atoms with Crippen LogP contribution in [0.5, 0.6) is 0 Å². The van der Waals surface area contributed by atoms with Gasteiger partial charge in [-0.1, -0.05) is 26.0 Å². The van der Waals surface area contributed by atoms with Crippen molar-refractivity contribution in [1.29, 1.82) is 0 Å². The first kappa shape index (κ1) is 13.2. The van der Waals surface area contributed by atoms with Crippen LogP contribution in [-0.4, -0.2) is 11.6 Å². The van der Waals surface area contributed by atoms with Crippen LogP contribution in [-0.2, 0) is 6.42 Å². The summed E-state index contributed by atoms with van der Waals surface area (Å²) in [5.74, 6) is 2.01. The molecule has 2 nitrogen and oxygen atoms in total. The molecule has 21 heavy (non-hydrogen) atoms. The summed E-state index contributed by atoms with van der Waals surface area (Å²) >= 11 is 0. The molecule has 2 bridgehead atoms. The Morgan fingerprint density at radius 1 is 1.00 bits per heavy atom. The zero-order valence-corrected chi connectivity index (χ0v) is 12.8. The summed E-state index contributed by atoms with van der Waals surface area (Å²) in [5, 5.41) is 0. The van der Waals surface area contributed by atoms with Crippen LogP contribution in [0.2, 0.25) is 0 Å². The molecule has 1 aromatic carbocycles. The Morgan fingerprint density at radius 2 is 1.62 bits per heavy atom. The quantitative estimate of drug-likeness (QED) is 0.823. The van der Waals surface area contributed by atoms with E-state index < -0.39 is 0 Å². The Balaban J connectivity index is 1.77. The summed E-state index contributed by atoms with van der Waals surface area (Å²) in [5.41, 5.74) is 2.60. The SMILES string of the molecule is CC(C)Cc1ccc2c(c1)C(=O)C1C3CCC(C3)C1C2=O. The molecule has 2 heteroatoms. The molecule has 0 radical (unpaired) electrons. The van der Waals surface area contributed by atoms with Gasteiger partial charge in [0.2, 0.25) is 0 Å². The van der Waals surface area contributed by atoms with Crippen molar-refractivity contribution >= 4 is 11.6 Å². The Kier molecular flexibility index (Phi) is 2.85. The van der Waals surface area contributed by atoms with Gasteiger partial charge in [0.05, 0.1) is 0 Å². The first-order chi connectivity index (χ1) is 10.1. The fourth-order valence-corrected chi connectivity index (χ4v) is 5.01. The van der Waals surface area contributed by atoms with Gasteiger partial charge in [0.15, 0.2) is 11.6 Å². The maximum atomic E-state index is 12.9. The molecule has 0 spiro atoms.